The van der Waals surface area contributed by atoms with Gasteiger partial charge in [-0.05, 0) is 48.0 Å². The van der Waals surface area contributed by atoms with Gasteiger partial charge in [-0.25, -0.2) is 18.5 Å². The predicted octanol–water partition coefficient (Wildman–Crippen LogP) is 5.30. The minimum atomic E-state index is -3.78. The van der Waals surface area contributed by atoms with Gasteiger partial charge in [0.2, 0.25) is 10.0 Å². The number of benzene rings is 3. The molecule has 0 atom stereocenters. The van der Waals surface area contributed by atoms with Crippen LogP contribution in [0.2, 0.25) is 0 Å². The van der Waals surface area contributed by atoms with Crippen molar-refractivity contribution in [3.63, 3.8) is 0 Å². The lowest BCUT2D eigenvalue weighted by molar-refractivity contribution is -0.0948. The maximum Gasteiger partial charge on any atom is 0.238 e. The Morgan fingerprint density at radius 3 is 2.46 bits per heavy atom. The molecule has 39 heavy (non-hydrogen) atoms. The Labute approximate surface area is 228 Å². The summed E-state index contributed by atoms with van der Waals surface area (Å²) in [5.41, 5.74) is 2.95. The number of hydrogen-bond acceptors (Lipinski definition) is 7. The summed E-state index contributed by atoms with van der Waals surface area (Å²) in [7, 11) is -2.04. The number of allylic oxidation sites excluding steroid dienone is 1. The molecule has 0 saturated carbocycles. The Morgan fingerprint density at radius 2 is 1.77 bits per heavy atom. The molecule has 0 amide bonds. The van der Waals surface area contributed by atoms with Crippen LogP contribution in [-0.4, -0.2) is 33.7 Å². The quantitative estimate of drug-likeness (QED) is 0.283. The van der Waals surface area contributed by atoms with Crippen molar-refractivity contribution >= 4 is 15.8 Å². The summed E-state index contributed by atoms with van der Waals surface area (Å²) in [6.07, 6.45) is 5.31. The minimum absolute atomic E-state index is 0.0326. The number of primary sulfonamides is 1. The predicted molar refractivity (Wildman–Crippen MR) is 147 cm³/mol. The lowest BCUT2D eigenvalue weighted by Gasteiger charge is -2.36. The lowest BCUT2D eigenvalue weighted by Crippen LogP contribution is -2.35. The normalized spacial score (nSPS) is 15.7. The van der Waals surface area contributed by atoms with Crippen LogP contribution < -0.4 is 9.88 Å². The van der Waals surface area contributed by atoms with Gasteiger partial charge in [0.1, 0.15) is 11.5 Å². The van der Waals surface area contributed by atoms with Crippen LogP contribution in [0, 0.1) is 0 Å². The largest absolute Gasteiger partial charge is 0.457 e. The average Bonchev–Trinajstić information content (AvgIpc) is 3.44. The highest BCUT2D eigenvalue weighted by Gasteiger charge is 2.34. The van der Waals surface area contributed by atoms with E-state index in [9.17, 15) is 8.42 Å². The fourth-order valence-electron chi connectivity index (χ4n) is 4.74. The Bertz CT molecular complexity index is 1540. The van der Waals surface area contributed by atoms with E-state index in [1.807, 2.05) is 54.6 Å². The number of sulfonamides is 1. The summed E-state index contributed by atoms with van der Waals surface area (Å²) in [5, 5.41) is 5.22. The van der Waals surface area contributed by atoms with Gasteiger partial charge in [0.05, 0.1) is 16.2 Å². The van der Waals surface area contributed by atoms with Crippen molar-refractivity contribution in [2.45, 2.75) is 29.8 Å². The van der Waals surface area contributed by atoms with E-state index in [0.29, 0.717) is 48.2 Å². The number of methoxy groups -OCH3 is 1. The molecule has 9 heteroatoms. The van der Waals surface area contributed by atoms with Crippen LogP contribution in [0.1, 0.15) is 29.7 Å². The fourth-order valence-corrected chi connectivity index (χ4v) is 5.25. The second kappa shape index (κ2) is 11.5. The molecular weight excluding hydrogens is 516 g/mol. The van der Waals surface area contributed by atoms with E-state index >= 15 is 0 Å². The molecule has 8 nitrogen and oxygen atoms in total. The molecule has 1 fully saturated rings. The van der Waals surface area contributed by atoms with E-state index in [0.717, 1.165) is 24.0 Å². The second-order valence-corrected chi connectivity index (χ2v) is 10.8. The molecular formula is C30H30N2O6S. The van der Waals surface area contributed by atoms with E-state index in [4.69, 9.17) is 23.8 Å². The van der Waals surface area contributed by atoms with Crippen molar-refractivity contribution in [3.8, 4) is 17.1 Å². The summed E-state index contributed by atoms with van der Waals surface area (Å²) < 4.78 is 46.9. The summed E-state index contributed by atoms with van der Waals surface area (Å²) in [6.45, 7) is 1.30. The van der Waals surface area contributed by atoms with Gasteiger partial charge in [-0.1, -0.05) is 42.5 Å². The van der Waals surface area contributed by atoms with Crippen molar-refractivity contribution in [2.75, 3.05) is 20.3 Å². The topological polar surface area (TPSA) is 114 Å². The number of ether oxygens (including phenoxy) is 3. The van der Waals surface area contributed by atoms with Gasteiger partial charge in [0, 0.05) is 50.7 Å². The Morgan fingerprint density at radius 1 is 1.03 bits per heavy atom. The fraction of sp³-hybridized carbons (Fsp3) is 0.233. The number of nitrogens with zero attached hydrogens (tertiary/aromatic N) is 1. The smallest absolute Gasteiger partial charge is 0.238 e. The SMILES string of the molecule is COC1(c2cccc(O/C(=C/Cc3ncoc3-c3ccc(S(N)(=O)=O)cc3)c3ccccc3)c2)CCOCC1. The third-order valence-corrected chi connectivity index (χ3v) is 7.83. The summed E-state index contributed by atoms with van der Waals surface area (Å²) >= 11 is 0. The number of rotatable bonds is 9. The highest BCUT2D eigenvalue weighted by molar-refractivity contribution is 7.89. The van der Waals surface area contributed by atoms with Gasteiger partial charge in [-0.3, -0.25) is 0 Å². The third-order valence-electron chi connectivity index (χ3n) is 6.90. The summed E-state index contributed by atoms with van der Waals surface area (Å²) in [6, 6.07) is 24.0. The molecule has 202 valence electrons. The molecule has 2 N–H and O–H groups in total. The number of hydrogen-bond donors (Lipinski definition) is 1. The van der Waals surface area contributed by atoms with Crippen molar-refractivity contribution in [2.24, 2.45) is 5.14 Å². The van der Waals surface area contributed by atoms with Gasteiger partial charge in [0.15, 0.2) is 12.2 Å². The zero-order valence-electron chi connectivity index (χ0n) is 21.6. The molecule has 1 aliphatic heterocycles. The van der Waals surface area contributed by atoms with Gasteiger partial charge in [-0.2, -0.15) is 0 Å². The van der Waals surface area contributed by atoms with Crippen LogP contribution in [0.5, 0.6) is 5.75 Å². The first kappa shape index (κ1) is 26.8. The van der Waals surface area contributed by atoms with E-state index in [2.05, 4.69) is 11.1 Å². The first-order valence-corrected chi connectivity index (χ1v) is 14.2. The molecule has 0 spiro atoms. The third kappa shape index (κ3) is 6.12. The van der Waals surface area contributed by atoms with Crippen molar-refractivity contribution < 1.29 is 27.0 Å². The van der Waals surface area contributed by atoms with Crippen LogP contribution in [0.25, 0.3) is 17.1 Å². The van der Waals surface area contributed by atoms with Crippen LogP contribution in [0.3, 0.4) is 0 Å². The Hall–Kier alpha value is -3.76. The Kier molecular flexibility index (Phi) is 7.94. The molecule has 0 aliphatic carbocycles. The van der Waals surface area contributed by atoms with E-state index in [1.54, 1.807) is 19.2 Å². The van der Waals surface area contributed by atoms with Gasteiger partial charge in [-0.15, -0.1) is 0 Å². The summed E-state index contributed by atoms with van der Waals surface area (Å²) in [4.78, 5) is 4.43. The second-order valence-electron chi connectivity index (χ2n) is 9.28. The highest BCUT2D eigenvalue weighted by atomic mass is 32.2. The zero-order chi connectivity index (χ0) is 27.3. The average molecular weight is 547 g/mol. The van der Waals surface area contributed by atoms with Crippen LogP contribution in [-0.2, 0) is 31.5 Å². The van der Waals surface area contributed by atoms with Crippen LogP contribution in [0.4, 0.5) is 0 Å². The Balaban J connectivity index is 1.43. The minimum Gasteiger partial charge on any atom is -0.457 e. The van der Waals surface area contributed by atoms with Crippen molar-refractivity contribution in [1.82, 2.24) is 4.98 Å². The molecule has 1 saturated heterocycles. The van der Waals surface area contributed by atoms with E-state index in [1.165, 1.54) is 18.5 Å². The number of nitrogens with two attached hydrogens (primary N) is 1. The molecule has 0 unspecified atom stereocenters. The first-order valence-electron chi connectivity index (χ1n) is 12.6. The maximum atomic E-state index is 11.6. The van der Waals surface area contributed by atoms with E-state index in [-0.39, 0.29) is 4.90 Å². The standard InChI is InChI=1S/C30H30N2O6S/c1-35-30(16-18-36-19-17-30)24-8-5-9-25(20-24)38-28(22-6-3-2-4-7-22)15-14-27-29(37-21-32-27)23-10-12-26(13-11-23)39(31,33)34/h2-13,15,20-21H,14,16-19H2,1H3,(H2,31,33,34)/b28-15+. The van der Waals surface area contributed by atoms with Crippen LogP contribution in [0.15, 0.2) is 101 Å². The molecule has 0 bridgehead atoms. The van der Waals surface area contributed by atoms with Gasteiger partial charge < -0.3 is 18.6 Å². The molecule has 4 aromatic rings. The lowest BCUT2D eigenvalue weighted by atomic mass is 9.86. The molecule has 2 heterocycles. The van der Waals surface area contributed by atoms with E-state index < -0.39 is 15.6 Å². The monoisotopic (exact) mass is 546 g/mol. The molecule has 3 aromatic carbocycles. The first-order chi connectivity index (χ1) is 18.9. The van der Waals surface area contributed by atoms with Crippen molar-refractivity contribution in [3.05, 3.63) is 108 Å². The molecule has 1 aliphatic rings. The van der Waals surface area contributed by atoms with Gasteiger partial charge >= 0.3 is 0 Å². The maximum absolute atomic E-state index is 11.6. The summed E-state index contributed by atoms with van der Waals surface area (Å²) in [5.74, 6) is 1.91. The highest BCUT2D eigenvalue weighted by Crippen LogP contribution is 2.37. The zero-order valence-corrected chi connectivity index (χ0v) is 22.4. The van der Waals surface area contributed by atoms with Crippen molar-refractivity contribution in [1.29, 1.82) is 0 Å². The van der Waals surface area contributed by atoms with Crippen LogP contribution >= 0.6 is 0 Å². The number of aromatic nitrogens is 1. The number of oxazole rings is 1. The molecule has 5 rings (SSSR count). The van der Waals surface area contributed by atoms with Gasteiger partial charge in [0.25, 0.3) is 0 Å². The molecule has 1 aromatic heterocycles. The molecule has 0 radical (unpaired) electrons.